The van der Waals surface area contributed by atoms with Gasteiger partial charge in [0.1, 0.15) is 12.2 Å². The lowest BCUT2D eigenvalue weighted by Gasteiger charge is -2.33. The number of unbranched alkanes of at least 4 members (excludes halogenated alkanes) is 1. The molecule has 3 heterocycles. The molecule has 1 aliphatic carbocycles. The first-order valence-electron chi connectivity index (χ1n) is 14.7. The number of hydrogen-bond donors (Lipinski definition) is 4. The Morgan fingerprint density at radius 2 is 2.02 bits per heavy atom. The van der Waals surface area contributed by atoms with E-state index in [4.69, 9.17) is 30.0 Å². The molecule has 0 spiro atoms. The summed E-state index contributed by atoms with van der Waals surface area (Å²) in [4.78, 5) is 12.8. The molecule has 0 bridgehead atoms. The molecule has 2 aromatic heterocycles. The summed E-state index contributed by atoms with van der Waals surface area (Å²) < 4.78 is 40.0. The maximum atomic E-state index is 14.2. The summed E-state index contributed by atoms with van der Waals surface area (Å²) in [6.07, 6.45) is 3.47. The molecule has 2 aliphatic rings. The number of aromatic nitrogens is 4. The number of nitrogens with two attached hydrogens (primary N) is 2. The van der Waals surface area contributed by atoms with Gasteiger partial charge in [0.2, 0.25) is 11.8 Å². The lowest BCUT2D eigenvalue weighted by molar-refractivity contribution is -0.0449. The molecule has 6 N–H and O–H groups in total. The monoisotopic (exact) mass is 603 g/mol. The molecule has 230 valence electrons. The Balaban J connectivity index is 1.36. The van der Waals surface area contributed by atoms with E-state index in [1.807, 2.05) is 37.3 Å². The van der Waals surface area contributed by atoms with Crippen molar-refractivity contribution in [2.75, 3.05) is 18.9 Å². The normalized spacial score (nSPS) is 26.6. The Bertz CT molecular complexity index is 1390. The second-order valence-electron chi connectivity index (χ2n) is 11.2. The number of rotatable bonds is 14. The summed E-state index contributed by atoms with van der Waals surface area (Å²) in [6, 6.07) is 9.76. The van der Waals surface area contributed by atoms with Crippen LogP contribution in [0.1, 0.15) is 77.2 Å². The zero-order valence-corrected chi connectivity index (χ0v) is 25.3. The van der Waals surface area contributed by atoms with E-state index < -0.39 is 37.8 Å². The second-order valence-corrected chi connectivity index (χ2v) is 12.9. The Morgan fingerprint density at radius 1 is 1.26 bits per heavy atom. The largest absolute Gasteiger partial charge is 0.476 e. The minimum Gasteiger partial charge on any atom is -0.476 e. The van der Waals surface area contributed by atoms with Crippen LogP contribution in [-0.4, -0.2) is 61.6 Å². The number of imidazole rings is 1. The first kappa shape index (κ1) is 30.8. The van der Waals surface area contributed by atoms with Crippen LogP contribution in [-0.2, 0) is 18.3 Å². The van der Waals surface area contributed by atoms with Gasteiger partial charge in [-0.2, -0.15) is 9.97 Å². The third-order valence-electron chi connectivity index (χ3n) is 7.88. The Labute approximate surface area is 245 Å². The summed E-state index contributed by atoms with van der Waals surface area (Å²) in [5.74, 6) is 0.244. The van der Waals surface area contributed by atoms with Gasteiger partial charge in [-0.3, -0.25) is 13.6 Å². The van der Waals surface area contributed by atoms with Crippen molar-refractivity contribution in [3.05, 3.63) is 42.2 Å². The van der Waals surface area contributed by atoms with Gasteiger partial charge in [0.25, 0.3) is 0 Å². The van der Waals surface area contributed by atoms with Crippen molar-refractivity contribution in [1.82, 2.24) is 24.6 Å². The van der Waals surface area contributed by atoms with Crippen molar-refractivity contribution in [1.29, 1.82) is 0 Å². The van der Waals surface area contributed by atoms with Crippen molar-refractivity contribution >= 4 is 24.9 Å². The van der Waals surface area contributed by atoms with Gasteiger partial charge in [-0.15, -0.1) is 0 Å². The van der Waals surface area contributed by atoms with Gasteiger partial charge in [0.15, 0.2) is 17.4 Å². The maximum absolute atomic E-state index is 14.2. The molecule has 14 heteroatoms. The molecule has 3 aromatic rings. The zero-order chi connectivity index (χ0) is 29.9. The lowest BCUT2D eigenvalue weighted by atomic mass is 9.93. The first-order chi connectivity index (χ1) is 20.1. The predicted molar refractivity (Wildman–Crippen MR) is 158 cm³/mol. The quantitative estimate of drug-likeness (QED) is 0.195. The van der Waals surface area contributed by atoms with Crippen LogP contribution in [0.15, 0.2) is 36.7 Å². The van der Waals surface area contributed by atoms with E-state index in [2.05, 4.69) is 27.0 Å². The van der Waals surface area contributed by atoms with Crippen molar-refractivity contribution in [3.63, 3.8) is 0 Å². The van der Waals surface area contributed by atoms with Gasteiger partial charge in [-0.1, -0.05) is 56.5 Å². The van der Waals surface area contributed by atoms with E-state index in [0.717, 1.165) is 37.7 Å². The van der Waals surface area contributed by atoms with E-state index in [0.29, 0.717) is 24.2 Å². The number of nitrogen functional groups attached to an aromatic ring is 1. The standard InChI is InChI=1S/C28H42N7O6P/c1-4-6-15-20(18-11-8-7-9-12-18)41-42(37,34-19-13-10-14-19)39-16-21-23(36)28(3,30)26(40-21)35-17-31-22-24(35)32-27(29)33-25(22)38-5-2/h7-9,11-12,17,19-21,23,26,36H,4-6,10,13-16,30H2,1-3H3,(H,34,37)(H2,29,32,33)/t20?,21-,23-,26-,28-,42?/m1/s1. The fourth-order valence-corrected chi connectivity index (χ4v) is 7.09. The van der Waals surface area contributed by atoms with E-state index in [9.17, 15) is 9.67 Å². The summed E-state index contributed by atoms with van der Waals surface area (Å²) in [5, 5.41) is 14.4. The van der Waals surface area contributed by atoms with Gasteiger partial charge in [0, 0.05) is 6.04 Å². The molecule has 1 aromatic carbocycles. The molecular weight excluding hydrogens is 561 g/mol. The van der Waals surface area contributed by atoms with Gasteiger partial charge >= 0.3 is 7.75 Å². The molecule has 13 nitrogen and oxygen atoms in total. The maximum Gasteiger partial charge on any atom is 0.406 e. The Kier molecular flexibility index (Phi) is 9.48. The summed E-state index contributed by atoms with van der Waals surface area (Å²) in [5.41, 5.74) is 12.9. The summed E-state index contributed by atoms with van der Waals surface area (Å²) >= 11 is 0. The highest BCUT2D eigenvalue weighted by atomic mass is 31.2. The number of nitrogens with zero attached hydrogens (tertiary/aromatic N) is 4. The van der Waals surface area contributed by atoms with Crippen molar-refractivity contribution in [3.8, 4) is 5.88 Å². The number of aliphatic hydroxyl groups excluding tert-OH is 1. The van der Waals surface area contributed by atoms with Crippen LogP contribution in [0.25, 0.3) is 11.2 Å². The number of fused-ring (bicyclic) bond motifs is 1. The highest BCUT2D eigenvalue weighted by molar-refractivity contribution is 7.51. The minimum atomic E-state index is -3.82. The Morgan fingerprint density at radius 3 is 2.69 bits per heavy atom. The molecule has 1 saturated heterocycles. The minimum absolute atomic E-state index is 0.000975. The van der Waals surface area contributed by atoms with Crippen LogP contribution >= 0.6 is 7.75 Å². The third kappa shape index (κ3) is 6.47. The van der Waals surface area contributed by atoms with Crippen molar-refractivity contribution in [2.45, 2.75) is 95.4 Å². The fourth-order valence-electron chi connectivity index (χ4n) is 5.28. The van der Waals surface area contributed by atoms with E-state index >= 15 is 0 Å². The fraction of sp³-hybridized carbons (Fsp3) is 0.607. The Hall–Kier alpha value is -2.64. The SMILES string of the molecule is CCCCC(OP(=O)(NC1CCC1)OC[C@H]1O[C@@H](n2cnc3c(OCC)nc(N)nc32)[C@](C)(N)[C@@H]1O)c1ccccc1. The smallest absolute Gasteiger partial charge is 0.406 e. The van der Waals surface area contributed by atoms with Crippen LogP contribution < -0.4 is 21.3 Å². The number of nitrogens with one attached hydrogen (secondary N) is 1. The van der Waals surface area contributed by atoms with Crippen molar-refractivity contribution in [2.24, 2.45) is 5.73 Å². The highest BCUT2D eigenvalue weighted by Gasteiger charge is 2.53. The van der Waals surface area contributed by atoms with Crippen LogP contribution in [0.3, 0.4) is 0 Å². The molecule has 0 radical (unpaired) electrons. The molecule has 42 heavy (non-hydrogen) atoms. The topological polar surface area (TPSA) is 182 Å². The van der Waals surface area contributed by atoms with Crippen LogP contribution in [0, 0.1) is 0 Å². The van der Waals surface area contributed by atoms with E-state index in [-0.39, 0.29) is 24.5 Å². The van der Waals surface area contributed by atoms with Gasteiger partial charge < -0.3 is 26.0 Å². The van der Waals surface area contributed by atoms with Crippen molar-refractivity contribution < 1.29 is 28.2 Å². The van der Waals surface area contributed by atoms with Crippen LogP contribution in [0.2, 0.25) is 0 Å². The molecule has 0 amide bonds. The summed E-state index contributed by atoms with van der Waals surface area (Å²) in [6.45, 7) is 5.75. The average Bonchev–Trinajstić information content (AvgIpc) is 3.46. The zero-order valence-electron chi connectivity index (χ0n) is 24.4. The van der Waals surface area contributed by atoms with Gasteiger partial charge in [0.05, 0.1) is 31.2 Å². The third-order valence-corrected chi connectivity index (χ3v) is 9.58. The lowest BCUT2D eigenvalue weighted by Crippen LogP contribution is -2.52. The molecule has 1 aliphatic heterocycles. The number of benzene rings is 1. The molecular formula is C28H42N7O6P. The van der Waals surface area contributed by atoms with Crippen LogP contribution in [0.4, 0.5) is 5.95 Å². The summed E-state index contributed by atoms with van der Waals surface area (Å²) in [7, 11) is -3.82. The second kappa shape index (κ2) is 12.9. The first-order valence-corrected chi connectivity index (χ1v) is 16.2. The predicted octanol–water partition coefficient (Wildman–Crippen LogP) is 4.00. The van der Waals surface area contributed by atoms with Gasteiger partial charge in [-0.05, 0) is 38.7 Å². The van der Waals surface area contributed by atoms with E-state index in [1.165, 1.54) is 6.33 Å². The number of anilines is 1. The number of hydrogen-bond acceptors (Lipinski definition) is 11. The molecule has 2 unspecified atom stereocenters. The molecule has 5 rings (SSSR count). The van der Waals surface area contributed by atoms with Gasteiger partial charge in [-0.25, -0.2) is 14.6 Å². The highest BCUT2D eigenvalue weighted by Crippen LogP contribution is 2.52. The number of ether oxygens (including phenoxy) is 2. The molecule has 6 atom stereocenters. The van der Waals surface area contributed by atoms with Crippen LogP contribution in [0.5, 0.6) is 5.88 Å². The average molecular weight is 604 g/mol. The van der Waals surface area contributed by atoms with E-state index in [1.54, 1.807) is 11.5 Å². The molecule has 2 fully saturated rings. The number of aliphatic hydroxyl groups is 1. The molecule has 1 saturated carbocycles.